The van der Waals surface area contributed by atoms with Gasteiger partial charge in [-0.1, -0.05) is 67.1 Å². The summed E-state index contributed by atoms with van der Waals surface area (Å²) in [4.78, 5) is 0. The Balaban J connectivity index is 1.77. The van der Waals surface area contributed by atoms with E-state index < -0.39 is 0 Å². The molecule has 0 unspecified atom stereocenters. The van der Waals surface area contributed by atoms with E-state index in [2.05, 4.69) is 66.0 Å². The van der Waals surface area contributed by atoms with Crippen molar-refractivity contribution in [2.45, 2.75) is 31.3 Å². The van der Waals surface area contributed by atoms with Gasteiger partial charge in [0.1, 0.15) is 5.60 Å². The summed E-state index contributed by atoms with van der Waals surface area (Å²) in [6.07, 6.45) is 5.12. The zero-order valence-electron chi connectivity index (χ0n) is 14.0. The summed E-state index contributed by atoms with van der Waals surface area (Å²) in [5, 5.41) is 3.64. The van der Waals surface area contributed by atoms with Gasteiger partial charge in [-0.3, -0.25) is 0 Å². The van der Waals surface area contributed by atoms with Gasteiger partial charge < -0.3 is 10.1 Å². The van der Waals surface area contributed by atoms with Crippen molar-refractivity contribution in [3.05, 3.63) is 71.8 Å². The average molecular weight is 309 g/mol. The average Bonchev–Trinajstić information content (AvgIpc) is 2.58. The maximum absolute atomic E-state index is 6.12. The Hall–Kier alpha value is -1.64. The van der Waals surface area contributed by atoms with Crippen LogP contribution in [0.3, 0.4) is 0 Å². The summed E-state index contributed by atoms with van der Waals surface area (Å²) in [6, 6.07) is 21.2. The van der Waals surface area contributed by atoms with Crippen LogP contribution in [0, 0.1) is 5.92 Å². The Morgan fingerprint density at radius 1 is 0.957 bits per heavy atom. The van der Waals surface area contributed by atoms with Crippen LogP contribution in [-0.4, -0.2) is 20.2 Å². The van der Waals surface area contributed by atoms with Crippen molar-refractivity contribution in [1.82, 2.24) is 5.32 Å². The molecule has 2 aromatic carbocycles. The highest BCUT2D eigenvalue weighted by atomic mass is 16.5. The Labute approximate surface area is 139 Å². The molecule has 1 fully saturated rings. The molecule has 1 saturated carbocycles. The molecule has 2 aromatic rings. The summed E-state index contributed by atoms with van der Waals surface area (Å²) < 4.78 is 6.12. The van der Waals surface area contributed by atoms with Crippen LogP contribution in [0.15, 0.2) is 60.7 Å². The second-order valence-corrected chi connectivity index (χ2v) is 6.51. The molecule has 2 nitrogen and oxygen atoms in total. The van der Waals surface area contributed by atoms with Gasteiger partial charge in [-0.25, -0.2) is 0 Å². The topological polar surface area (TPSA) is 21.3 Å². The zero-order chi connectivity index (χ0) is 16.0. The molecule has 0 spiro atoms. The van der Waals surface area contributed by atoms with Crippen LogP contribution < -0.4 is 5.32 Å². The van der Waals surface area contributed by atoms with E-state index in [1.54, 1.807) is 0 Å². The van der Waals surface area contributed by atoms with E-state index in [1.807, 2.05) is 7.11 Å². The van der Waals surface area contributed by atoms with Crippen LogP contribution in [0.4, 0.5) is 0 Å². The minimum atomic E-state index is -0.380. The standard InChI is InChI=1S/C21H27NO/c1-23-21(19-11-4-2-5-12-19,20-13-6-3-7-14-20)15-16-22-17-18-9-8-10-18/h2-7,11-14,18,22H,8-10,15-17H2,1H3. The Kier molecular flexibility index (Phi) is 5.47. The molecule has 1 aliphatic rings. The molecule has 0 aliphatic heterocycles. The number of hydrogen-bond acceptors (Lipinski definition) is 2. The van der Waals surface area contributed by atoms with E-state index in [0.29, 0.717) is 0 Å². The van der Waals surface area contributed by atoms with Crippen LogP contribution in [0.25, 0.3) is 0 Å². The van der Waals surface area contributed by atoms with Gasteiger partial charge in [0.25, 0.3) is 0 Å². The maximum Gasteiger partial charge on any atom is 0.119 e. The molecule has 0 heterocycles. The summed E-state index contributed by atoms with van der Waals surface area (Å²) in [6.45, 7) is 2.11. The second-order valence-electron chi connectivity index (χ2n) is 6.51. The van der Waals surface area contributed by atoms with Gasteiger partial charge in [-0.05, 0) is 49.4 Å². The lowest BCUT2D eigenvalue weighted by Gasteiger charge is -2.34. The van der Waals surface area contributed by atoms with Crippen molar-refractivity contribution in [2.24, 2.45) is 5.92 Å². The number of rotatable bonds is 8. The van der Waals surface area contributed by atoms with Crippen LogP contribution in [-0.2, 0) is 10.3 Å². The van der Waals surface area contributed by atoms with E-state index in [9.17, 15) is 0 Å². The van der Waals surface area contributed by atoms with Crippen molar-refractivity contribution in [1.29, 1.82) is 0 Å². The molecule has 0 amide bonds. The number of methoxy groups -OCH3 is 1. The summed E-state index contributed by atoms with van der Waals surface area (Å²) in [7, 11) is 1.83. The Morgan fingerprint density at radius 2 is 1.52 bits per heavy atom. The van der Waals surface area contributed by atoms with Crippen molar-refractivity contribution in [3.8, 4) is 0 Å². The third-order valence-corrected chi connectivity index (χ3v) is 5.14. The molecular weight excluding hydrogens is 282 g/mol. The Morgan fingerprint density at radius 3 is 1.96 bits per heavy atom. The lowest BCUT2D eigenvalue weighted by Crippen LogP contribution is -2.36. The first-order valence-corrected chi connectivity index (χ1v) is 8.72. The fraction of sp³-hybridized carbons (Fsp3) is 0.429. The molecule has 1 N–H and O–H groups in total. The number of nitrogens with one attached hydrogen (secondary N) is 1. The molecular formula is C21H27NO. The molecule has 122 valence electrons. The van der Waals surface area contributed by atoms with Crippen molar-refractivity contribution < 1.29 is 4.74 Å². The fourth-order valence-corrected chi connectivity index (χ4v) is 3.48. The van der Waals surface area contributed by atoms with Crippen LogP contribution in [0.2, 0.25) is 0 Å². The van der Waals surface area contributed by atoms with Gasteiger partial charge in [0, 0.05) is 7.11 Å². The molecule has 2 heteroatoms. The normalized spacial score (nSPS) is 15.3. The highest BCUT2D eigenvalue weighted by Gasteiger charge is 2.33. The van der Waals surface area contributed by atoms with Crippen LogP contribution >= 0.6 is 0 Å². The highest BCUT2D eigenvalue weighted by Crippen LogP contribution is 2.36. The molecule has 0 aromatic heterocycles. The SMILES string of the molecule is COC(CCNCC1CCC1)(c1ccccc1)c1ccccc1. The van der Waals surface area contributed by atoms with Crippen molar-refractivity contribution >= 4 is 0 Å². The summed E-state index contributed by atoms with van der Waals surface area (Å²) in [5.74, 6) is 0.889. The van der Waals surface area contributed by atoms with E-state index in [0.717, 1.165) is 25.4 Å². The van der Waals surface area contributed by atoms with Gasteiger partial charge in [0.2, 0.25) is 0 Å². The first-order chi connectivity index (χ1) is 11.3. The van der Waals surface area contributed by atoms with E-state index in [1.165, 1.54) is 30.4 Å². The Bertz CT molecular complexity index is 538. The molecule has 1 aliphatic carbocycles. The summed E-state index contributed by atoms with van der Waals surface area (Å²) >= 11 is 0. The number of ether oxygens (including phenoxy) is 1. The minimum Gasteiger partial charge on any atom is -0.369 e. The van der Waals surface area contributed by atoms with Crippen LogP contribution in [0.1, 0.15) is 36.8 Å². The number of hydrogen-bond donors (Lipinski definition) is 1. The lowest BCUT2D eigenvalue weighted by molar-refractivity contribution is 0.0144. The van der Waals surface area contributed by atoms with Crippen molar-refractivity contribution in [3.63, 3.8) is 0 Å². The first-order valence-electron chi connectivity index (χ1n) is 8.72. The van der Waals surface area contributed by atoms with E-state index in [4.69, 9.17) is 4.74 Å². The van der Waals surface area contributed by atoms with E-state index >= 15 is 0 Å². The fourth-order valence-electron chi connectivity index (χ4n) is 3.48. The van der Waals surface area contributed by atoms with Gasteiger partial charge >= 0.3 is 0 Å². The number of benzene rings is 2. The minimum absolute atomic E-state index is 0.380. The van der Waals surface area contributed by atoms with Crippen LogP contribution in [0.5, 0.6) is 0 Å². The van der Waals surface area contributed by atoms with Crippen molar-refractivity contribution in [2.75, 3.05) is 20.2 Å². The molecule has 0 atom stereocenters. The van der Waals surface area contributed by atoms with Gasteiger partial charge in [0.05, 0.1) is 0 Å². The molecule has 3 rings (SSSR count). The van der Waals surface area contributed by atoms with Gasteiger partial charge in [-0.2, -0.15) is 0 Å². The second kappa shape index (κ2) is 7.76. The smallest absolute Gasteiger partial charge is 0.119 e. The lowest BCUT2D eigenvalue weighted by atomic mass is 9.82. The highest BCUT2D eigenvalue weighted by molar-refractivity contribution is 5.36. The predicted molar refractivity (Wildman–Crippen MR) is 95.5 cm³/mol. The molecule has 23 heavy (non-hydrogen) atoms. The summed E-state index contributed by atoms with van der Waals surface area (Å²) in [5.41, 5.74) is 2.06. The molecule has 0 saturated heterocycles. The van der Waals surface area contributed by atoms with E-state index in [-0.39, 0.29) is 5.60 Å². The third-order valence-electron chi connectivity index (χ3n) is 5.14. The maximum atomic E-state index is 6.12. The largest absolute Gasteiger partial charge is 0.369 e. The monoisotopic (exact) mass is 309 g/mol. The zero-order valence-corrected chi connectivity index (χ0v) is 14.0. The quantitative estimate of drug-likeness (QED) is 0.732. The predicted octanol–water partition coefficient (Wildman–Crippen LogP) is 4.36. The third kappa shape index (κ3) is 3.65. The first kappa shape index (κ1) is 16.2. The molecule has 0 radical (unpaired) electrons. The van der Waals surface area contributed by atoms with Gasteiger partial charge in [0.15, 0.2) is 0 Å². The molecule has 0 bridgehead atoms. The van der Waals surface area contributed by atoms with Gasteiger partial charge in [-0.15, -0.1) is 0 Å².